The Morgan fingerprint density at radius 3 is 1.49 bits per heavy atom. The van der Waals surface area contributed by atoms with Gasteiger partial charge in [-0.05, 0) is 58.1 Å². The van der Waals surface area contributed by atoms with Gasteiger partial charge in [-0.3, -0.25) is 0 Å². The fraction of sp³-hybridized carbons (Fsp3) is 0.265. The van der Waals surface area contributed by atoms with Crippen LogP contribution < -0.4 is 23.7 Å². The van der Waals surface area contributed by atoms with E-state index in [0.29, 0.717) is 60.7 Å². The van der Waals surface area contributed by atoms with E-state index < -0.39 is 26.6 Å². The van der Waals surface area contributed by atoms with Gasteiger partial charge in [-0.1, -0.05) is 148 Å². The van der Waals surface area contributed by atoms with E-state index in [1.807, 2.05) is 152 Å². The molecule has 1 heterocycles. The van der Waals surface area contributed by atoms with Gasteiger partial charge < -0.3 is 33.2 Å². The molecular formula is C49H52O7Si. The van der Waals surface area contributed by atoms with E-state index in [4.69, 9.17) is 28.1 Å². The summed E-state index contributed by atoms with van der Waals surface area (Å²) in [7, 11) is -2.48. The van der Waals surface area contributed by atoms with Crippen LogP contribution in [-0.2, 0) is 30.9 Å². The monoisotopic (exact) mass is 780 g/mol. The molecule has 1 aliphatic heterocycles. The Bertz CT molecular complexity index is 2190. The van der Waals surface area contributed by atoms with Crippen LogP contribution in [0.1, 0.15) is 66.4 Å². The smallest absolute Gasteiger partial charge is 0.192 e. The third-order valence-corrected chi connectivity index (χ3v) is 15.2. The first kappa shape index (κ1) is 39.7. The lowest BCUT2D eigenvalue weighted by molar-refractivity contribution is -0.0635. The molecule has 3 atom stereocenters. The predicted molar refractivity (Wildman–Crippen MR) is 226 cm³/mol. The van der Waals surface area contributed by atoms with Gasteiger partial charge in [0.05, 0.1) is 5.56 Å². The van der Waals surface area contributed by atoms with Gasteiger partial charge in [0.15, 0.2) is 25.9 Å². The van der Waals surface area contributed by atoms with Crippen molar-refractivity contribution < 1.29 is 33.2 Å². The van der Waals surface area contributed by atoms with Crippen molar-refractivity contribution in [2.45, 2.75) is 83.6 Å². The lowest BCUT2D eigenvalue weighted by Crippen LogP contribution is -2.49. The van der Waals surface area contributed by atoms with Crippen LogP contribution in [0.3, 0.4) is 0 Å². The molecule has 6 aromatic carbocycles. The molecule has 1 aliphatic rings. The normalized spacial score (nSPS) is 16.6. The van der Waals surface area contributed by atoms with Gasteiger partial charge in [0.2, 0.25) is 0 Å². The molecule has 0 saturated heterocycles. The van der Waals surface area contributed by atoms with Crippen molar-refractivity contribution in [2.75, 3.05) is 0 Å². The molecule has 0 amide bonds. The quantitative estimate of drug-likeness (QED) is 0.104. The summed E-state index contributed by atoms with van der Waals surface area (Å²) in [6, 6.07) is 49.6. The maximum atomic E-state index is 12.6. The zero-order valence-electron chi connectivity index (χ0n) is 33.4. The first-order chi connectivity index (χ1) is 27.5. The maximum absolute atomic E-state index is 12.6. The minimum absolute atomic E-state index is 0.140. The van der Waals surface area contributed by atoms with Crippen molar-refractivity contribution in [3.05, 3.63) is 185 Å². The highest BCUT2D eigenvalue weighted by Gasteiger charge is 2.48. The highest BCUT2D eigenvalue weighted by molar-refractivity contribution is 6.74. The Kier molecular flexibility index (Phi) is 12.3. The highest BCUT2D eigenvalue weighted by Crippen LogP contribution is 2.51. The van der Waals surface area contributed by atoms with Crippen LogP contribution >= 0.6 is 0 Å². The Hall–Kier alpha value is -5.54. The van der Waals surface area contributed by atoms with E-state index in [0.717, 1.165) is 27.8 Å². The van der Waals surface area contributed by atoms with Crippen molar-refractivity contribution in [2.24, 2.45) is 0 Å². The molecule has 0 bridgehead atoms. The van der Waals surface area contributed by atoms with Crippen molar-refractivity contribution in [3.63, 3.8) is 0 Å². The first-order valence-corrected chi connectivity index (χ1v) is 22.5. The van der Waals surface area contributed by atoms with Crippen LogP contribution in [0.15, 0.2) is 152 Å². The summed E-state index contributed by atoms with van der Waals surface area (Å²) in [5, 5.41) is 12.4. The summed E-state index contributed by atoms with van der Waals surface area (Å²) >= 11 is 0. The SMILES string of the molecule is CC(C)(C)[Si](C)(C)O[C@@H]1[C@@H](c2ccc(OCc3ccccc3)c(OCc3ccccc3)c2)Oc2cc(OCc3ccccc3)cc(OCc3ccccc3)c2[C@@H]1O. The van der Waals surface area contributed by atoms with Gasteiger partial charge in [-0.25, -0.2) is 0 Å². The molecule has 294 valence electrons. The Morgan fingerprint density at radius 1 is 0.544 bits per heavy atom. The second-order valence-electron chi connectivity index (χ2n) is 16.0. The van der Waals surface area contributed by atoms with Crippen LogP contribution in [0.5, 0.6) is 28.7 Å². The molecule has 0 unspecified atom stereocenters. The highest BCUT2D eigenvalue weighted by atomic mass is 28.4. The molecule has 1 N–H and O–H groups in total. The summed E-state index contributed by atoms with van der Waals surface area (Å²) in [6.07, 6.45) is -2.58. The van der Waals surface area contributed by atoms with Crippen LogP contribution in [0, 0.1) is 0 Å². The molecule has 6 aromatic rings. The van der Waals surface area contributed by atoms with Crippen molar-refractivity contribution >= 4 is 8.32 Å². The molecule has 7 rings (SSSR count). The first-order valence-electron chi connectivity index (χ1n) is 19.6. The zero-order valence-corrected chi connectivity index (χ0v) is 34.4. The van der Waals surface area contributed by atoms with Crippen LogP contribution in [0.2, 0.25) is 18.1 Å². The average Bonchev–Trinajstić information content (AvgIpc) is 3.22. The van der Waals surface area contributed by atoms with Gasteiger partial charge >= 0.3 is 0 Å². The van der Waals surface area contributed by atoms with E-state index in [2.05, 4.69) is 33.9 Å². The predicted octanol–water partition coefficient (Wildman–Crippen LogP) is 11.6. The summed E-state index contributed by atoms with van der Waals surface area (Å²) in [6.45, 7) is 12.3. The van der Waals surface area contributed by atoms with Crippen LogP contribution in [-0.4, -0.2) is 19.5 Å². The fourth-order valence-corrected chi connectivity index (χ4v) is 7.77. The number of benzene rings is 6. The average molecular weight is 781 g/mol. The van der Waals surface area contributed by atoms with E-state index >= 15 is 0 Å². The van der Waals surface area contributed by atoms with Crippen molar-refractivity contribution in [3.8, 4) is 28.7 Å². The largest absolute Gasteiger partial charge is 0.489 e. The van der Waals surface area contributed by atoms with E-state index in [1.165, 1.54) is 0 Å². The number of aliphatic hydroxyl groups is 1. The molecule has 0 aliphatic carbocycles. The van der Waals surface area contributed by atoms with Crippen molar-refractivity contribution in [1.29, 1.82) is 0 Å². The molecule has 8 heteroatoms. The second-order valence-corrected chi connectivity index (χ2v) is 20.7. The lowest BCUT2D eigenvalue weighted by atomic mass is 9.91. The van der Waals surface area contributed by atoms with Gasteiger partial charge in [0.25, 0.3) is 0 Å². The molecule has 0 saturated carbocycles. The zero-order chi connectivity index (χ0) is 39.8. The maximum Gasteiger partial charge on any atom is 0.192 e. The fourth-order valence-electron chi connectivity index (χ4n) is 6.48. The van der Waals surface area contributed by atoms with E-state index in [1.54, 1.807) is 0 Å². The number of hydrogen-bond acceptors (Lipinski definition) is 7. The number of rotatable bonds is 15. The molecule has 7 nitrogen and oxygen atoms in total. The Morgan fingerprint density at radius 2 is 1.00 bits per heavy atom. The molecule has 57 heavy (non-hydrogen) atoms. The number of ether oxygens (including phenoxy) is 5. The molecule has 0 fully saturated rings. The number of hydrogen-bond donors (Lipinski definition) is 1. The second kappa shape index (κ2) is 17.7. The molecule has 0 spiro atoms. The lowest BCUT2D eigenvalue weighted by Gasteiger charge is -2.45. The third-order valence-electron chi connectivity index (χ3n) is 10.7. The third kappa shape index (κ3) is 9.89. The van der Waals surface area contributed by atoms with Gasteiger partial charge in [0.1, 0.15) is 55.9 Å². The number of fused-ring (bicyclic) bond motifs is 1. The summed E-state index contributed by atoms with van der Waals surface area (Å²) < 4.78 is 39.9. The summed E-state index contributed by atoms with van der Waals surface area (Å²) in [5.74, 6) is 2.67. The van der Waals surface area contributed by atoms with Gasteiger partial charge in [-0.15, -0.1) is 0 Å². The topological polar surface area (TPSA) is 75.6 Å². The standard InChI is InChI=1S/C49H52O7Si/c1-49(2,3)57(4,5)56-48-46(50)45-43(54-34-38-24-16-9-17-25-38)29-40(51-31-35-18-10-6-11-19-35)30-44(45)55-47(48)39-26-27-41(52-32-36-20-12-7-13-21-36)42(28-39)53-33-37-22-14-8-15-23-37/h6-30,46-48,50H,31-34H2,1-5H3/t46-,47+,48-/m0/s1. The summed E-state index contributed by atoms with van der Waals surface area (Å²) in [5.41, 5.74) is 5.41. The van der Waals surface area contributed by atoms with Gasteiger partial charge in [-0.2, -0.15) is 0 Å². The minimum Gasteiger partial charge on any atom is -0.489 e. The molecule has 0 radical (unpaired) electrons. The molecular weight excluding hydrogens is 729 g/mol. The van der Waals surface area contributed by atoms with Crippen LogP contribution in [0.4, 0.5) is 0 Å². The van der Waals surface area contributed by atoms with Gasteiger partial charge in [0, 0.05) is 12.1 Å². The summed E-state index contributed by atoms with van der Waals surface area (Å²) in [4.78, 5) is 0. The van der Waals surface area contributed by atoms with Crippen LogP contribution in [0.25, 0.3) is 0 Å². The number of aliphatic hydroxyl groups excluding tert-OH is 1. The Labute approximate surface area is 337 Å². The van der Waals surface area contributed by atoms with E-state index in [9.17, 15) is 5.11 Å². The Balaban J connectivity index is 1.28. The van der Waals surface area contributed by atoms with Crippen molar-refractivity contribution in [1.82, 2.24) is 0 Å². The molecule has 0 aromatic heterocycles. The van der Waals surface area contributed by atoms with E-state index in [-0.39, 0.29) is 5.04 Å². The minimum atomic E-state index is -2.48.